The van der Waals surface area contributed by atoms with Crippen LogP contribution in [0.5, 0.6) is 11.5 Å². The lowest BCUT2D eigenvalue weighted by Crippen LogP contribution is -2.39. The normalized spacial score (nSPS) is 17.1. The van der Waals surface area contributed by atoms with Crippen LogP contribution in [0.1, 0.15) is 25.8 Å². The molecule has 1 saturated heterocycles. The number of hydrogen-bond donors (Lipinski definition) is 0. The molecule has 6 heteroatoms. The minimum absolute atomic E-state index is 0.0518. The number of ether oxygens (including phenoxy) is 2. The molecule has 0 radical (unpaired) electrons. The van der Waals surface area contributed by atoms with Gasteiger partial charge in [-0.1, -0.05) is 6.07 Å². The summed E-state index contributed by atoms with van der Waals surface area (Å²) in [5, 5.41) is 0. The molecule has 1 atom stereocenters. The standard InChI is InChI=1S/C19H28N2O4/c1-13(2)20(3)19(23)15-11-18(22)21(12-15)9-8-14-6-7-16(24-4)17(10-14)25-5/h6-7,10,13,15H,8-9,11-12H2,1-5H3. The van der Waals surface area contributed by atoms with Crippen LogP contribution in [0.15, 0.2) is 18.2 Å². The highest BCUT2D eigenvalue weighted by Gasteiger charge is 2.35. The van der Waals surface area contributed by atoms with E-state index in [1.165, 1.54) is 0 Å². The molecule has 1 fully saturated rings. The van der Waals surface area contributed by atoms with E-state index < -0.39 is 0 Å². The van der Waals surface area contributed by atoms with E-state index in [-0.39, 0.29) is 23.8 Å². The second-order valence-corrected chi connectivity index (χ2v) is 6.72. The molecule has 0 aromatic heterocycles. The van der Waals surface area contributed by atoms with Crippen LogP contribution in [0, 0.1) is 5.92 Å². The van der Waals surface area contributed by atoms with E-state index in [9.17, 15) is 9.59 Å². The lowest BCUT2D eigenvalue weighted by Gasteiger charge is -2.24. The van der Waals surface area contributed by atoms with E-state index in [1.807, 2.05) is 32.0 Å². The van der Waals surface area contributed by atoms with Crippen molar-refractivity contribution >= 4 is 11.8 Å². The van der Waals surface area contributed by atoms with Crippen LogP contribution in [0.25, 0.3) is 0 Å². The fourth-order valence-electron chi connectivity index (χ4n) is 3.00. The minimum Gasteiger partial charge on any atom is -0.493 e. The quantitative estimate of drug-likeness (QED) is 0.756. The molecule has 2 rings (SSSR count). The number of carbonyl (C=O) groups is 2. The Balaban J connectivity index is 1.95. The molecular weight excluding hydrogens is 320 g/mol. The van der Waals surface area contributed by atoms with Gasteiger partial charge >= 0.3 is 0 Å². The fourth-order valence-corrected chi connectivity index (χ4v) is 3.00. The third-order valence-corrected chi connectivity index (χ3v) is 4.80. The first kappa shape index (κ1) is 19.1. The molecule has 0 aliphatic carbocycles. The molecular formula is C19H28N2O4. The first-order valence-electron chi connectivity index (χ1n) is 8.62. The number of likely N-dealkylation sites (tertiary alicyclic amines) is 1. The highest BCUT2D eigenvalue weighted by Crippen LogP contribution is 2.28. The second-order valence-electron chi connectivity index (χ2n) is 6.72. The monoisotopic (exact) mass is 348 g/mol. The Labute approximate surface area is 149 Å². The van der Waals surface area contributed by atoms with Gasteiger partial charge in [0.25, 0.3) is 0 Å². The predicted molar refractivity (Wildman–Crippen MR) is 95.8 cm³/mol. The average Bonchev–Trinajstić information content (AvgIpc) is 2.98. The number of nitrogens with zero attached hydrogens (tertiary/aromatic N) is 2. The summed E-state index contributed by atoms with van der Waals surface area (Å²) in [6.07, 6.45) is 1.02. The first-order valence-corrected chi connectivity index (χ1v) is 8.62. The highest BCUT2D eigenvalue weighted by atomic mass is 16.5. The number of benzene rings is 1. The lowest BCUT2D eigenvalue weighted by atomic mass is 10.1. The predicted octanol–water partition coefficient (Wildman–Crippen LogP) is 1.96. The summed E-state index contributed by atoms with van der Waals surface area (Å²) in [4.78, 5) is 28.2. The summed E-state index contributed by atoms with van der Waals surface area (Å²) in [7, 11) is 5.00. The summed E-state index contributed by atoms with van der Waals surface area (Å²) in [6, 6.07) is 5.90. The number of carbonyl (C=O) groups excluding carboxylic acids is 2. The van der Waals surface area contributed by atoms with Gasteiger partial charge in [-0.05, 0) is 38.0 Å². The molecule has 1 aromatic rings. The number of hydrogen-bond acceptors (Lipinski definition) is 4. The second kappa shape index (κ2) is 8.23. The highest BCUT2D eigenvalue weighted by molar-refractivity contribution is 5.89. The molecule has 6 nitrogen and oxygen atoms in total. The Morgan fingerprint density at radius 3 is 2.56 bits per heavy atom. The van der Waals surface area contributed by atoms with Crippen LogP contribution in [-0.2, 0) is 16.0 Å². The van der Waals surface area contributed by atoms with Crippen molar-refractivity contribution in [2.24, 2.45) is 5.92 Å². The van der Waals surface area contributed by atoms with E-state index in [2.05, 4.69) is 0 Å². The number of rotatable bonds is 7. The minimum atomic E-state index is -0.231. The van der Waals surface area contributed by atoms with Gasteiger partial charge in [0.2, 0.25) is 11.8 Å². The third kappa shape index (κ3) is 4.44. The van der Waals surface area contributed by atoms with Gasteiger partial charge in [0.15, 0.2) is 11.5 Å². The Hall–Kier alpha value is -2.24. The van der Waals surface area contributed by atoms with Crippen molar-refractivity contribution in [1.29, 1.82) is 0 Å². The van der Waals surface area contributed by atoms with Crippen molar-refractivity contribution < 1.29 is 19.1 Å². The summed E-state index contributed by atoms with van der Waals surface area (Å²) < 4.78 is 10.5. The lowest BCUT2D eigenvalue weighted by molar-refractivity contribution is -0.136. The van der Waals surface area contributed by atoms with Crippen molar-refractivity contribution in [2.45, 2.75) is 32.7 Å². The van der Waals surface area contributed by atoms with Gasteiger partial charge in [0.1, 0.15) is 0 Å². The molecule has 1 aliphatic rings. The van der Waals surface area contributed by atoms with Crippen molar-refractivity contribution in [2.75, 3.05) is 34.4 Å². The van der Waals surface area contributed by atoms with E-state index >= 15 is 0 Å². The molecule has 25 heavy (non-hydrogen) atoms. The van der Waals surface area contributed by atoms with Gasteiger partial charge in [-0.25, -0.2) is 0 Å². The van der Waals surface area contributed by atoms with E-state index in [4.69, 9.17) is 9.47 Å². The average molecular weight is 348 g/mol. The summed E-state index contributed by atoms with van der Waals surface area (Å²) in [5.41, 5.74) is 1.07. The maximum atomic E-state index is 12.4. The van der Waals surface area contributed by atoms with Crippen LogP contribution in [0.4, 0.5) is 0 Å². The van der Waals surface area contributed by atoms with Gasteiger partial charge in [0, 0.05) is 32.6 Å². The number of amides is 2. The summed E-state index contributed by atoms with van der Waals surface area (Å²) in [5.74, 6) is 1.24. The summed E-state index contributed by atoms with van der Waals surface area (Å²) in [6.45, 7) is 5.05. The van der Waals surface area contributed by atoms with Crippen LogP contribution < -0.4 is 9.47 Å². The van der Waals surface area contributed by atoms with Crippen LogP contribution in [0.3, 0.4) is 0 Å². The van der Waals surface area contributed by atoms with Gasteiger partial charge in [0.05, 0.1) is 20.1 Å². The molecule has 138 valence electrons. The molecule has 1 heterocycles. The van der Waals surface area contributed by atoms with Crippen molar-refractivity contribution in [3.63, 3.8) is 0 Å². The van der Waals surface area contributed by atoms with Gasteiger partial charge < -0.3 is 19.3 Å². The van der Waals surface area contributed by atoms with Gasteiger partial charge in [-0.3, -0.25) is 9.59 Å². The first-order chi connectivity index (χ1) is 11.9. The van der Waals surface area contributed by atoms with Crippen LogP contribution in [0.2, 0.25) is 0 Å². The SMILES string of the molecule is COc1ccc(CCN2CC(C(=O)N(C)C(C)C)CC2=O)cc1OC. The molecule has 0 bridgehead atoms. The molecule has 2 amide bonds. The Morgan fingerprint density at radius 2 is 1.96 bits per heavy atom. The largest absolute Gasteiger partial charge is 0.493 e. The zero-order valence-corrected chi connectivity index (χ0v) is 15.7. The van der Waals surface area contributed by atoms with Gasteiger partial charge in [-0.15, -0.1) is 0 Å². The zero-order valence-electron chi connectivity index (χ0n) is 15.7. The zero-order chi connectivity index (χ0) is 18.6. The fraction of sp³-hybridized carbons (Fsp3) is 0.579. The molecule has 0 N–H and O–H groups in total. The van der Waals surface area contributed by atoms with E-state index in [0.717, 1.165) is 5.56 Å². The van der Waals surface area contributed by atoms with Crippen molar-refractivity contribution in [3.8, 4) is 11.5 Å². The van der Waals surface area contributed by atoms with E-state index in [1.54, 1.807) is 31.1 Å². The van der Waals surface area contributed by atoms with Crippen molar-refractivity contribution in [1.82, 2.24) is 9.80 Å². The molecule has 1 unspecified atom stereocenters. The summed E-state index contributed by atoms with van der Waals surface area (Å²) >= 11 is 0. The van der Waals surface area contributed by atoms with E-state index in [0.29, 0.717) is 37.4 Å². The van der Waals surface area contributed by atoms with Crippen LogP contribution >= 0.6 is 0 Å². The van der Waals surface area contributed by atoms with Crippen LogP contribution in [-0.4, -0.2) is 62.0 Å². The third-order valence-electron chi connectivity index (χ3n) is 4.80. The maximum Gasteiger partial charge on any atom is 0.227 e. The number of methoxy groups -OCH3 is 2. The van der Waals surface area contributed by atoms with Gasteiger partial charge in [-0.2, -0.15) is 0 Å². The Kier molecular flexibility index (Phi) is 6.28. The maximum absolute atomic E-state index is 12.4. The topological polar surface area (TPSA) is 59.1 Å². The Bertz CT molecular complexity index is 630. The Morgan fingerprint density at radius 1 is 1.28 bits per heavy atom. The van der Waals surface area contributed by atoms with Crippen molar-refractivity contribution in [3.05, 3.63) is 23.8 Å². The molecule has 0 saturated carbocycles. The molecule has 0 spiro atoms. The smallest absolute Gasteiger partial charge is 0.227 e. The molecule has 1 aromatic carbocycles. The molecule has 1 aliphatic heterocycles.